The summed E-state index contributed by atoms with van der Waals surface area (Å²) in [5.74, 6) is -0.257. The van der Waals surface area contributed by atoms with Crippen LogP contribution in [0.5, 0.6) is 0 Å². The van der Waals surface area contributed by atoms with Crippen LogP contribution in [0.4, 0.5) is 21.5 Å². The summed E-state index contributed by atoms with van der Waals surface area (Å²) in [5, 5.41) is 11.0. The van der Waals surface area contributed by atoms with Gasteiger partial charge in [0.1, 0.15) is 12.0 Å². The van der Waals surface area contributed by atoms with Gasteiger partial charge in [0.05, 0.1) is 11.4 Å². The molecule has 0 saturated heterocycles. The highest BCUT2D eigenvalue weighted by atomic mass is 19.1. The van der Waals surface area contributed by atoms with Gasteiger partial charge in [0.2, 0.25) is 0 Å². The van der Waals surface area contributed by atoms with Crippen LogP contribution in [-0.2, 0) is 0 Å². The summed E-state index contributed by atoms with van der Waals surface area (Å²) in [5.41, 5.74) is 11.0. The molecule has 0 aliphatic carbocycles. The zero-order valence-corrected chi connectivity index (χ0v) is 28.3. The molecule has 0 saturated carbocycles. The van der Waals surface area contributed by atoms with Crippen LogP contribution >= 0.6 is 0 Å². The molecule has 1 aliphatic heterocycles. The van der Waals surface area contributed by atoms with Gasteiger partial charge in [0, 0.05) is 5.69 Å². The van der Waals surface area contributed by atoms with E-state index in [1.54, 1.807) is 6.07 Å². The molecule has 0 amide bonds. The van der Waals surface area contributed by atoms with Crippen LogP contribution in [0.2, 0.25) is 0 Å². The molecular formula is C49H33FN2. The van der Waals surface area contributed by atoms with Crippen LogP contribution in [-0.4, -0.2) is 0 Å². The van der Waals surface area contributed by atoms with Gasteiger partial charge in [-0.25, -0.2) is 4.39 Å². The van der Waals surface area contributed by atoms with Gasteiger partial charge >= 0.3 is 0 Å². The van der Waals surface area contributed by atoms with Crippen LogP contribution in [0.25, 0.3) is 65.7 Å². The molecule has 2 nitrogen and oxygen atoms in total. The van der Waals surface area contributed by atoms with Crippen molar-refractivity contribution < 1.29 is 4.39 Å². The summed E-state index contributed by atoms with van der Waals surface area (Å²) in [6.45, 7) is 0. The monoisotopic (exact) mass is 668 g/mol. The van der Waals surface area contributed by atoms with E-state index in [9.17, 15) is 4.39 Å². The fraction of sp³-hybridized carbons (Fsp3) is 0.0204. The zero-order chi connectivity index (χ0) is 34.6. The first-order valence-electron chi connectivity index (χ1n) is 17.7. The lowest BCUT2D eigenvalue weighted by Crippen LogP contribution is -2.23. The Hall–Kier alpha value is -6.71. The highest BCUT2D eigenvalue weighted by Gasteiger charge is 2.31. The summed E-state index contributed by atoms with van der Waals surface area (Å²) >= 11 is 0. The van der Waals surface area contributed by atoms with E-state index in [1.807, 2.05) is 12.1 Å². The van der Waals surface area contributed by atoms with Crippen LogP contribution in [0, 0.1) is 5.82 Å². The maximum atomic E-state index is 14.5. The Kier molecular flexibility index (Phi) is 7.10. The molecule has 0 fully saturated rings. The fourth-order valence-electron chi connectivity index (χ4n) is 8.08. The van der Waals surface area contributed by atoms with Gasteiger partial charge in [-0.2, -0.15) is 0 Å². The molecule has 9 aromatic carbocycles. The molecule has 10 rings (SSSR count). The van der Waals surface area contributed by atoms with Crippen molar-refractivity contribution in [1.29, 1.82) is 0 Å². The van der Waals surface area contributed by atoms with Gasteiger partial charge in [-0.05, 0) is 108 Å². The molecule has 1 unspecified atom stereocenters. The second-order valence-corrected chi connectivity index (χ2v) is 13.5. The molecule has 1 aliphatic rings. The van der Waals surface area contributed by atoms with Crippen molar-refractivity contribution in [2.24, 2.45) is 0 Å². The van der Waals surface area contributed by atoms with Gasteiger partial charge in [-0.3, -0.25) is 0 Å². The number of nitrogens with one attached hydrogen (secondary N) is 1. The predicted octanol–water partition coefficient (Wildman–Crippen LogP) is 13.5. The molecule has 0 bridgehead atoms. The van der Waals surface area contributed by atoms with Crippen molar-refractivity contribution in [2.75, 3.05) is 10.2 Å². The van der Waals surface area contributed by atoms with E-state index < -0.39 is 0 Å². The average Bonchev–Trinajstić information content (AvgIpc) is 3.59. The topological polar surface area (TPSA) is 15.3 Å². The first-order chi connectivity index (χ1) is 25.7. The smallest absolute Gasteiger partial charge is 0.130 e. The quantitative estimate of drug-likeness (QED) is 0.184. The number of halogens is 1. The summed E-state index contributed by atoms with van der Waals surface area (Å²) in [7, 11) is 0. The normalized spacial score (nSPS) is 13.8. The highest BCUT2D eigenvalue weighted by Crippen LogP contribution is 2.48. The molecule has 0 aromatic heterocycles. The van der Waals surface area contributed by atoms with Crippen LogP contribution < -0.4 is 10.2 Å². The fourth-order valence-corrected chi connectivity index (χ4v) is 8.08. The summed E-state index contributed by atoms with van der Waals surface area (Å²) in [4.78, 5) is 2.27. The summed E-state index contributed by atoms with van der Waals surface area (Å²) in [6, 6.07) is 65.8. The number of fused-ring (bicyclic) bond motifs is 4. The van der Waals surface area contributed by atoms with E-state index >= 15 is 0 Å². The molecule has 3 heteroatoms. The van der Waals surface area contributed by atoms with Gasteiger partial charge in [-0.15, -0.1) is 0 Å². The van der Waals surface area contributed by atoms with Crippen LogP contribution in [0.1, 0.15) is 11.7 Å². The Labute approximate surface area is 302 Å². The molecule has 0 radical (unpaired) electrons. The van der Waals surface area contributed by atoms with E-state index in [2.05, 4.69) is 174 Å². The summed E-state index contributed by atoms with van der Waals surface area (Å²) in [6.07, 6.45) is -0.199. The third-order valence-corrected chi connectivity index (χ3v) is 10.5. The number of hydrogen-bond acceptors (Lipinski definition) is 2. The predicted molar refractivity (Wildman–Crippen MR) is 217 cm³/mol. The van der Waals surface area contributed by atoms with E-state index in [0.29, 0.717) is 0 Å². The Balaban J connectivity index is 1.09. The summed E-state index contributed by atoms with van der Waals surface area (Å²) < 4.78 is 14.5. The minimum Gasteiger partial charge on any atom is -0.359 e. The maximum absolute atomic E-state index is 14.5. The average molecular weight is 669 g/mol. The van der Waals surface area contributed by atoms with Crippen molar-refractivity contribution in [3.05, 3.63) is 199 Å². The van der Waals surface area contributed by atoms with Gasteiger partial charge < -0.3 is 10.2 Å². The van der Waals surface area contributed by atoms with E-state index in [1.165, 1.54) is 60.6 Å². The lowest BCUT2D eigenvalue weighted by atomic mass is 9.85. The zero-order valence-electron chi connectivity index (χ0n) is 28.3. The lowest BCUT2D eigenvalue weighted by molar-refractivity contribution is 0.628. The van der Waals surface area contributed by atoms with E-state index in [4.69, 9.17) is 0 Å². The van der Waals surface area contributed by atoms with Crippen molar-refractivity contribution >= 4 is 49.4 Å². The Morgan fingerprint density at radius 1 is 0.423 bits per heavy atom. The third kappa shape index (κ3) is 5.01. The Morgan fingerprint density at radius 2 is 0.962 bits per heavy atom. The Morgan fingerprint density at radius 3 is 1.63 bits per heavy atom. The van der Waals surface area contributed by atoms with Gasteiger partial charge in [0.15, 0.2) is 0 Å². The molecule has 0 spiro atoms. The first-order valence-corrected chi connectivity index (χ1v) is 17.7. The maximum Gasteiger partial charge on any atom is 0.130 e. The van der Waals surface area contributed by atoms with Crippen molar-refractivity contribution in [2.45, 2.75) is 6.17 Å². The number of nitrogens with zero attached hydrogens (tertiary/aromatic N) is 1. The SMILES string of the molecule is Fc1ccc2c(c1)NC(c1ccc(-c3ccccc3)cc1)N2c1ccc(-c2c3ccccc3c(-c3ccc4ccccc4c3)c3ccccc23)cc1. The minimum absolute atomic E-state index is 0.199. The standard InChI is InChI=1S/C49H33FN2/c50-39-26-29-46-45(31-39)51-49(36-21-18-34(19-22-36)32-10-2-1-3-11-32)52(46)40-27-24-35(25-28-40)47-41-14-6-8-16-43(41)48(44-17-9-7-15-42(44)47)38-23-20-33-12-4-5-13-37(33)30-38/h1-31,49,51H. The first kappa shape index (κ1) is 30.1. The molecule has 246 valence electrons. The second-order valence-electron chi connectivity index (χ2n) is 13.5. The third-order valence-electron chi connectivity index (χ3n) is 10.5. The minimum atomic E-state index is -0.257. The highest BCUT2D eigenvalue weighted by molar-refractivity contribution is 6.21. The number of benzene rings is 9. The molecule has 9 aromatic rings. The Bertz CT molecular complexity index is 2710. The van der Waals surface area contributed by atoms with Crippen molar-refractivity contribution in [3.8, 4) is 33.4 Å². The van der Waals surface area contributed by atoms with Crippen molar-refractivity contribution in [3.63, 3.8) is 0 Å². The molecule has 52 heavy (non-hydrogen) atoms. The largest absolute Gasteiger partial charge is 0.359 e. The van der Waals surface area contributed by atoms with E-state index in [0.717, 1.165) is 33.8 Å². The number of anilines is 3. The van der Waals surface area contributed by atoms with E-state index in [-0.39, 0.29) is 12.0 Å². The second kappa shape index (κ2) is 12.3. The lowest BCUT2D eigenvalue weighted by Gasteiger charge is -2.28. The molecular weight excluding hydrogens is 636 g/mol. The van der Waals surface area contributed by atoms with Gasteiger partial charge in [-0.1, -0.05) is 152 Å². The van der Waals surface area contributed by atoms with Crippen LogP contribution in [0.3, 0.4) is 0 Å². The van der Waals surface area contributed by atoms with Crippen molar-refractivity contribution in [1.82, 2.24) is 0 Å². The van der Waals surface area contributed by atoms with Gasteiger partial charge in [0.25, 0.3) is 0 Å². The number of rotatable bonds is 5. The molecule has 1 atom stereocenters. The van der Waals surface area contributed by atoms with Crippen LogP contribution in [0.15, 0.2) is 188 Å². The number of hydrogen-bond donors (Lipinski definition) is 1. The molecule has 1 heterocycles. The molecule has 1 N–H and O–H groups in total.